The number of sulfonamides is 1. The third-order valence-corrected chi connectivity index (χ3v) is 4.02. The number of hydrogen-bond acceptors (Lipinski definition) is 3. The topological polar surface area (TPSA) is 72.2 Å². The Kier molecular flexibility index (Phi) is 3.63. The maximum Gasteiger partial charge on any atom is 0.262 e. The summed E-state index contributed by atoms with van der Waals surface area (Å²) >= 11 is 0. The van der Waals surface area contributed by atoms with Gasteiger partial charge in [0.15, 0.2) is 11.6 Å². The second kappa shape index (κ2) is 5.09. The van der Waals surface area contributed by atoms with E-state index in [0.29, 0.717) is 6.07 Å². The molecule has 0 saturated carbocycles. The van der Waals surface area contributed by atoms with Crippen LogP contribution in [0.4, 0.5) is 20.2 Å². The van der Waals surface area contributed by atoms with Gasteiger partial charge in [-0.2, -0.15) is 0 Å². The van der Waals surface area contributed by atoms with Crippen LogP contribution in [0.1, 0.15) is 5.56 Å². The minimum absolute atomic E-state index is 0.190. The molecular formula is C13H12F2N2O2S. The van der Waals surface area contributed by atoms with Gasteiger partial charge >= 0.3 is 0 Å². The number of nitrogens with one attached hydrogen (secondary N) is 1. The summed E-state index contributed by atoms with van der Waals surface area (Å²) in [5.41, 5.74) is 6.90. The fourth-order valence-corrected chi connectivity index (χ4v) is 2.70. The lowest BCUT2D eigenvalue weighted by atomic mass is 10.2. The molecule has 0 aliphatic heterocycles. The number of anilines is 2. The van der Waals surface area contributed by atoms with Gasteiger partial charge in [-0.25, -0.2) is 17.2 Å². The summed E-state index contributed by atoms with van der Waals surface area (Å²) in [5, 5.41) is 0. The van der Waals surface area contributed by atoms with Gasteiger partial charge in [-0.1, -0.05) is 6.07 Å². The monoisotopic (exact) mass is 298 g/mol. The number of aryl methyl sites for hydroxylation is 1. The summed E-state index contributed by atoms with van der Waals surface area (Å²) in [6.07, 6.45) is 0. The molecule has 4 nitrogen and oxygen atoms in total. The van der Waals surface area contributed by atoms with E-state index in [2.05, 4.69) is 4.72 Å². The van der Waals surface area contributed by atoms with Crippen LogP contribution in [0.3, 0.4) is 0 Å². The van der Waals surface area contributed by atoms with E-state index < -0.39 is 21.7 Å². The van der Waals surface area contributed by atoms with Gasteiger partial charge in [0, 0.05) is 0 Å². The molecule has 2 rings (SSSR count). The van der Waals surface area contributed by atoms with E-state index in [-0.39, 0.29) is 16.3 Å². The van der Waals surface area contributed by atoms with Crippen molar-refractivity contribution in [1.29, 1.82) is 0 Å². The molecule has 0 spiro atoms. The van der Waals surface area contributed by atoms with E-state index in [1.54, 1.807) is 25.1 Å². The van der Waals surface area contributed by atoms with E-state index in [4.69, 9.17) is 5.73 Å². The number of benzene rings is 2. The molecule has 0 aliphatic rings. The van der Waals surface area contributed by atoms with Crippen molar-refractivity contribution in [3.05, 3.63) is 53.6 Å². The van der Waals surface area contributed by atoms with Crippen molar-refractivity contribution >= 4 is 21.4 Å². The van der Waals surface area contributed by atoms with Gasteiger partial charge in [0.1, 0.15) is 0 Å². The Morgan fingerprint density at radius 3 is 2.40 bits per heavy atom. The van der Waals surface area contributed by atoms with Crippen molar-refractivity contribution in [1.82, 2.24) is 0 Å². The number of nitrogen functional groups attached to an aromatic ring is 1. The van der Waals surface area contributed by atoms with Gasteiger partial charge < -0.3 is 5.73 Å². The summed E-state index contributed by atoms with van der Waals surface area (Å²) < 4.78 is 52.3. The first kappa shape index (κ1) is 14.3. The number of halogens is 2. The first-order valence-electron chi connectivity index (χ1n) is 5.63. The molecular weight excluding hydrogens is 286 g/mol. The molecule has 0 saturated heterocycles. The maximum absolute atomic E-state index is 13.1. The Balaban J connectivity index is 2.40. The highest BCUT2D eigenvalue weighted by Crippen LogP contribution is 2.24. The predicted octanol–water partition coefficient (Wildman–Crippen LogP) is 2.66. The number of rotatable bonds is 3. The highest BCUT2D eigenvalue weighted by molar-refractivity contribution is 7.92. The van der Waals surface area contributed by atoms with Crippen molar-refractivity contribution < 1.29 is 17.2 Å². The van der Waals surface area contributed by atoms with E-state index >= 15 is 0 Å². The molecule has 0 aliphatic carbocycles. The lowest BCUT2D eigenvalue weighted by molar-refractivity contribution is 0.504. The molecule has 2 aromatic rings. The highest BCUT2D eigenvalue weighted by atomic mass is 32.2. The molecule has 0 radical (unpaired) electrons. The van der Waals surface area contributed by atoms with Crippen LogP contribution in [-0.2, 0) is 10.0 Å². The summed E-state index contributed by atoms with van der Waals surface area (Å²) in [6.45, 7) is 1.77. The van der Waals surface area contributed by atoms with Crippen molar-refractivity contribution in [2.45, 2.75) is 11.8 Å². The first-order valence-corrected chi connectivity index (χ1v) is 7.12. The Morgan fingerprint density at radius 1 is 1.05 bits per heavy atom. The molecule has 0 unspecified atom stereocenters. The molecule has 3 N–H and O–H groups in total. The Bertz CT molecular complexity index is 761. The van der Waals surface area contributed by atoms with Crippen molar-refractivity contribution in [2.24, 2.45) is 0 Å². The number of nitrogens with two attached hydrogens (primary N) is 1. The average molecular weight is 298 g/mol. The second-order valence-corrected chi connectivity index (χ2v) is 5.95. The van der Waals surface area contributed by atoms with Gasteiger partial charge in [-0.3, -0.25) is 4.72 Å². The minimum atomic E-state index is -4.03. The van der Waals surface area contributed by atoms with Gasteiger partial charge in [0.2, 0.25) is 0 Å². The quantitative estimate of drug-likeness (QED) is 0.856. The van der Waals surface area contributed by atoms with E-state index in [1.165, 1.54) is 0 Å². The van der Waals surface area contributed by atoms with Gasteiger partial charge in [-0.15, -0.1) is 0 Å². The van der Waals surface area contributed by atoms with Crippen LogP contribution in [0.5, 0.6) is 0 Å². The van der Waals surface area contributed by atoms with E-state index in [9.17, 15) is 17.2 Å². The van der Waals surface area contributed by atoms with E-state index in [1.807, 2.05) is 0 Å². The maximum atomic E-state index is 13.1. The van der Waals surface area contributed by atoms with Crippen molar-refractivity contribution in [3.63, 3.8) is 0 Å². The van der Waals surface area contributed by atoms with Crippen LogP contribution >= 0.6 is 0 Å². The van der Waals surface area contributed by atoms with Crippen LogP contribution in [0.25, 0.3) is 0 Å². The molecule has 0 heterocycles. The third kappa shape index (κ3) is 2.88. The molecule has 0 fully saturated rings. The lowest BCUT2D eigenvalue weighted by Gasteiger charge is -2.11. The van der Waals surface area contributed by atoms with Crippen LogP contribution in [0.15, 0.2) is 41.3 Å². The number of hydrogen-bond donors (Lipinski definition) is 2. The van der Waals surface area contributed by atoms with Crippen molar-refractivity contribution in [3.8, 4) is 0 Å². The molecule has 0 bridgehead atoms. The summed E-state index contributed by atoms with van der Waals surface area (Å²) in [5.74, 6) is -2.34. The van der Waals surface area contributed by atoms with Crippen LogP contribution < -0.4 is 10.5 Å². The van der Waals surface area contributed by atoms with Gasteiger partial charge in [0.25, 0.3) is 10.0 Å². The minimum Gasteiger partial charge on any atom is -0.397 e. The zero-order valence-corrected chi connectivity index (χ0v) is 11.3. The lowest BCUT2D eigenvalue weighted by Crippen LogP contribution is -2.14. The molecule has 2 aromatic carbocycles. The van der Waals surface area contributed by atoms with Crippen LogP contribution in [0, 0.1) is 18.6 Å². The van der Waals surface area contributed by atoms with Gasteiger partial charge in [0.05, 0.1) is 16.3 Å². The zero-order chi connectivity index (χ0) is 14.9. The van der Waals surface area contributed by atoms with Gasteiger partial charge in [-0.05, 0) is 42.8 Å². The van der Waals surface area contributed by atoms with Crippen LogP contribution in [-0.4, -0.2) is 8.42 Å². The normalized spacial score (nSPS) is 11.3. The fraction of sp³-hybridized carbons (Fsp3) is 0.0769. The van der Waals surface area contributed by atoms with E-state index in [0.717, 1.165) is 17.7 Å². The SMILES string of the molecule is Cc1ccc(N)c(NS(=O)(=O)c2ccc(F)c(F)c2)c1. The third-order valence-electron chi connectivity index (χ3n) is 2.65. The predicted molar refractivity (Wildman–Crippen MR) is 72.8 cm³/mol. The Hall–Kier alpha value is -2.15. The first-order chi connectivity index (χ1) is 9.29. The summed E-state index contributed by atoms with van der Waals surface area (Å²) in [4.78, 5) is -0.377. The van der Waals surface area contributed by atoms with Crippen molar-refractivity contribution in [2.75, 3.05) is 10.5 Å². The molecule has 0 atom stereocenters. The zero-order valence-electron chi connectivity index (χ0n) is 10.5. The average Bonchev–Trinajstić information content (AvgIpc) is 2.36. The molecule has 7 heteroatoms. The summed E-state index contributed by atoms with van der Waals surface area (Å²) in [7, 11) is -4.03. The molecule has 106 valence electrons. The smallest absolute Gasteiger partial charge is 0.262 e. The summed E-state index contributed by atoms with van der Waals surface area (Å²) in [6, 6.07) is 7.18. The molecule has 20 heavy (non-hydrogen) atoms. The second-order valence-electron chi connectivity index (χ2n) is 4.27. The fourth-order valence-electron chi connectivity index (χ4n) is 1.61. The largest absolute Gasteiger partial charge is 0.397 e. The molecule has 0 amide bonds. The standard InChI is InChI=1S/C13H12F2N2O2S/c1-8-2-5-12(16)13(6-8)17-20(18,19)9-3-4-10(14)11(15)7-9/h2-7,17H,16H2,1H3. The Labute approximate surface area is 115 Å². The highest BCUT2D eigenvalue weighted by Gasteiger charge is 2.17. The molecule has 0 aromatic heterocycles. The van der Waals surface area contributed by atoms with Crippen LogP contribution in [0.2, 0.25) is 0 Å². The Morgan fingerprint density at radius 2 is 1.75 bits per heavy atom.